The number of aryl methyl sites for hydroxylation is 1. The van der Waals surface area contributed by atoms with Crippen LogP contribution in [0.25, 0.3) is 0 Å². The van der Waals surface area contributed by atoms with Crippen LogP contribution < -0.4 is 11.1 Å². The van der Waals surface area contributed by atoms with Crippen molar-refractivity contribution in [3.05, 3.63) is 17.6 Å². The fourth-order valence-electron chi connectivity index (χ4n) is 2.55. The van der Waals surface area contributed by atoms with E-state index >= 15 is 0 Å². The number of hydrogen-bond acceptors (Lipinski definition) is 5. The van der Waals surface area contributed by atoms with Gasteiger partial charge in [0.15, 0.2) is 0 Å². The average Bonchev–Trinajstić information content (AvgIpc) is 2.52. The number of piperidine rings is 1. The third-order valence-corrected chi connectivity index (χ3v) is 3.67. The van der Waals surface area contributed by atoms with Gasteiger partial charge in [0.1, 0.15) is 23.2 Å². The van der Waals surface area contributed by atoms with Gasteiger partial charge in [0.25, 0.3) is 12.3 Å². The summed E-state index contributed by atoms with van der Waals surface area (Å²) in [6, 6.07) is -0.782. The van der Waals surface area contributed by atoms with Gasteiger partial charge in [-0.05, 0) is 26.2 Å². The first-order valence-corrected chi connectivity index (χ1v) is 7.36. The lowest BCUT2D eigenvalue weighted by atomic mass is 10.0. The quantitative estimate of drug-likeness (QED) is 0.849. The van der Waals surface area contributed by atoms with Crippen LogP contribution in [0.1, 0.15) is 35.4 Å². The smallest absolute Gasteiger partial charge is 0.259 e. The minimum atomic E-state index is -2.63. The maximum atomic E-state index is 12.6. The van der Waals surface area contributed by atoms with E-state index in [0.29, 0.717) is 18.8 Å². The van der Waals surface area contributed by atoms with E-state index in [2.05, 4.69) is 15.3 Å². The standard InChI is InChI=1S/C14H19F2N5O2/c1-8-18-6-9(12(17)20-8)14(23)21-5-3-2-4-10(21)13(22)19-7-11(15)16/h6,10-11H,2-5,7H2,1H3,(H,19,22)(H2,17,18,20)/t10-/m0/s1. The molecule has 1 aliphatic heterocycles. The maximum Gasteiger partial charge on any atom is 0.259 e. The van der Waals surface area contributed by atoms with E-state index in [1.165, 1.54) is 11.1 Å². The lowest BCUT2D eigenvalue weighted by Crippen LogP contribution is -2.52. The first kappa shape index (κ1) is 17.0. The van der Waals surface area contributed by atoms with E-state index < -0.39 is 30.8 Å². The van der Waals surface area contributed by atoms with Crippen molar-refractivity contribution in [1.82, 2.24) is 20.2 Å². The summed E-state index contributed by atoms with van der Waals surface area (Å²) in [5.74, 6) is -0.562. The van der Waals surface area contributed by atoms with E-state index in [1.54, 1.807) is 6.92 Å². The highest BCUT2D eigenvalue weighted by Crippen LogP contribution is 2.21. The molecule has 1 atom stereocenters. The number of carbonyl (C=O) groups excluding carboxylic acids is 2. The van der Waals surface area contributed by atoms with Crippen LogP contribution in [0.5, 0.6) is 0 Å². The molecule has 0 aromatic carbocycles. The number of nitrogen functional groups attached to an aromatic ring is 1. The van der Waals surface area contributed by atoms with E-state index in [0.717, 1.165) is 12.8 Å². The van der Waals surface area contributed by atoms with Crippen molar-refractivity contribution in [2.75, 3.05) is 18.8 Å². The molecular formula is C14H19F2N5O2. The van der Waals surface area contributed by atoms with Crippen LogP contribution in [0, 0.1) is 6.92 Å². The Bertz CT molecular complexity index is 597. The summed E-state index contributed by atoms with van der Waals surface area (Å²) < 4.78 is 24.5. The first-order valence-electron chi connectivity index (χ1n) is 7.36. The van der Waals surface area contributed by atoms with E-state index in [-0.39, 0.29) is 11.4 Å². The minimum absolute atomic E-state index is 0.0415. The van der Waals surface area contributed by atoms with E-state index in [4.69, 9.17) is 5.73 Å². The molecule has 1 aromatic rings. The van der Waals surface area contributed by atoms with Gasteiger partial charge in [-0.25, -0.2) is 18.7 Å². The Balaban J connectivity index is 2.16. The van der Waals surface area contributed by atoms with Gasteiger partial charge < -0.3 is 16.0 Å². The zero-order valence-corrected chi connectivity index (χ0v) is 12.8. The molecule has 2 amide bonds. The summed E-state index contributed by atoms with van der Waals surface area (Å²) in [7, 11) is 0. The number of alkyl halides is 2. The van der Waals surface area contributed by atoms with Gasteiger partial charge in [0.2, 0.25) is 5.91 Å². The summed E-state index contributed by atoms with van der Waals surface area (Å²) >= 11 is 0. The number of hydrogen-bond donors (Lipinski definition) is 2. The van der Waals surface area contributed by atoms with E-state index in [1.807, 2.05) is 0 Å². The number of anilines is 1. The number of carbonyl (C=O) groups is 2. The zero-order chi connectivity index (χ0) is 17.0. The summed E-state index contributed by atoms with van der Waals surface area (Å²) in [4.78, 5) is 34.0. The van der Waals surface area contributed by atoms with Gasteiger partial charge in [-0.15, -0.1) is 0 Å². The number of likely N-dealkylation sites (tertiary alicyclic amines) is 1. The molecule has 3 N–H and O–H groups in total. The summed E-state index contributed by atoms with van der Waals surface area (Å²) in [6.45, 7) is 1.28. The van der Waals surface area contributed by atoms with Crippen molar-refractivity contribution < 1.29 is 18.4 Å². The van der Waals surface area contributed by atoms with Crippen molar-refractivity contribution in [2.24, 2.45) is 0 Å². The molecule has 126 valence electrons. The molecule has 0 unspecified atom stereocenters. The number of amides is 2. The lowest BCUT2D eigenvalue weighted by Gasteiger charge is -2.34. The Kier molecular flexibility index (Phi) is 5.41. The monoisotopic (exact) mass is 327 g/mol. The molecule has 1 saturated heterocycles. The molecule has 23 heavy (non-hydrogen) atoms. The minimum Gasteiger partial charge on any atom is -0.383 e. The normalized spacial score (nSPS) is 18.1. The highest BCUT2D eigenvalue weighted by atomic mass is 19.3. The van der Waals surface area contributed by atoms with Gasteiger partial charge in [0, 0.05) is 12.7 Å². The molecule has 9 heteroatoms. The molecule has 1 aliphatic rings. The fraction of sp³-hybridized carbons (Fsp3) is 0.571. The Labute approximate surface area is 132 Å². The average molecular weight is 327 g/mol. The van der Waals surface area contributed by atoms with Gasteiger partial charge in [0.05, 0.1) is 6.54 Å². The highest BCUT2D eigenvalue weighted by Gasteiger charge is 2.33. The van der Waals surface area contributed by atoms with Gasteiger partial charge in [-0.1, -0.05) is 0 Å². The van der Waals surface area contributed by atoms with Gasteiger partial charge in [-0.2, -0.15) is 0 Å². The summed E-state index contributed by atoms with van der Waals surface area (Å²) in [5.41, 5.74) is 5.87. The fourth-order valence-corrected chi connectivity index (χ4v) is 2.55. The topological polar surface area (TPSA) is 101 Å². The van der Waals surface area contributed by atoms with Crippen LogP contribution in [-0.2, 0) is 4.79 Å². The van der Waals surface area contributed by atoms with Crippen LogP contribution in [0.3, 0.4) is 0 Å². The Morgan fingerprint density at radius 2 is 2.22 bits per heavy atom. The maximum absolute atomic E-state index is 12.6. The van der Waals surface area contributed by atoms with Crippen LogP contribution in [0.4, 0.5) is 14.6 Å². The number of nitrogens with one attached hydrogen (secondary N) is 1. The molecule has 1 fully saturated rings. The Morgan fingerprint density at radius 3 is 2.87 bits per heavy atom. The van der Waals surface area contributed by atoms with Crippen molar-refractivity contribution in [2.45, 2.75) is 38.7 Å². The van der Waals surface area contributed by atoms with Crippen LogP contribution in [0.15, 0.2) is 6.20 Å². The molecule has 1 aromatic heterocycles. The second-order valence-corrected chi connectivity index (χ2v) is 5.36. The third-order valence-electron chi connectivity index (χ3n) is 3.67. The summed E-state index contributed by atoms with van der Waals surface area (Å²) in [6.07, 6.45) is 0.594. The molecule has 0 radical (unpaired) electrons. The predicted molar refractivity (Wildman–Crippen MR) is 78.9 cm³/mol. The first-order chi connectivity index (χ1) is 10.9. The number of nitrogens with zero attached hydrogens (tertiary/aromatic N) is 3. The third kappa shape index (κ3) is 4.11. The number of halogens is 2. The van der Waals surface area contributed by atoms with Gasteiger partial charge in [-0.3, -0.25) is 9.59 Å². The molecule has 0 spiro atoms. The van der Waals surface area contributed by atoms with Crippen LogP contribution in [-0.4, -0.2) is 52.2 Å². The van der Waals surface area contributed by atoms with Crippen molar-refractivity contribution in [3.63, 3.8) is 0 Å². The van der Waals surface area contributed by atoms with Gasteiger partial charge >= 0.3 is 0 Å². The molecule has 7 nitrogen and oxygen atoms in total. The van der Waals surface area contributed by atoms with Crippen molar-refractivity contribution in [3.8, 4) is 0 Å². The molecule has 0 bridgehead atoms. The van der Waals surface area contributed by atoms with Crippen LogP contribution >= 0.6 is 0 Å². The van der Waals surface area contributed by atoms with Crippen LogP contribution in [0.2, 0.25) is 0 Å². The molecule has 2 heterocycles. The Morgan fingerprint density at radius 1 is 1.48 bits per heavy atom. The molecule has 2 rings (SSSR count). The number of rotatable bonds is 4. The highest BCUT2D eigenvalue weighted by molar-refractivity contribution is 6.00. The zero-order valence-electron chi connectivity index (χ0n) is 12.8. The lowest BCUT2D eigenvalue weighted by molar-refractivity contribution is -0.127. The predicted octanol–water partition coefficient (Wildman–Crippen LogP) is 0.743. The molecular weight excluding hydrogens is 308 g/mol. The number of nitrogens with two attached hydrogens (primary N) is 1. The van der Waals surface area contributed by atoms with E-state index in [9.17, 15) is 18.4 Å². The largest absolute Gasteiger partial charge is 0.383 e. The number of aromatic nitrogens is 2. The SMILES string of the molecule is Cc1ncc(C(=O)N2CCCC[C@H]2C(=O)NCC(F)F)c(N)n1. The van der Waals surface area contributed by atoms with Crippen molar-refractivity contribution >= 4 is 17.6 Å². The Hall–Kier alpha value is -2.32. The second kappa shape index (κ2) is 7.30. The molecule has 0 saturated carbocycles. The second-order valence-electron chi connectivity index (χ2n) is 5.36. The van der Waals surface area contributed by atoms with Crippen molar-refractivity contribution in [1.29, 1.82) is 0 Å². The summed E-state index contributed by atoms with van der Waals surface area (Å²) in [5, 5.41) is 2.17. The molecule has 0 aliphatic carbocycles.